The van der Waals surface area contributed by atoms with Crippen molar-refractivity contribution in [3.63, 3.8) is 0 Å². The maximum absolute atomic E-state index is 11.7. The first-order valence-electron chi connectivity index (χ1n) is 6.86. The van der Waals surface area contributed by atoms with Gasteiger partial charge in [-0.05, 0) is 11.1 Å². The first-order valence-corrected chi connectivity index (χ1v) is 6.86. The molecule has 9 heteroatoms. The molecule has 0 spiro atoms. The summed E-state index contributed by atoms with van der Waals surface area (Å²) in [4.78, 5) is 36.5. The molecule has 1 atom stereocenters. The van der Waals surface area contributed by atoms with E-state index in [-0.39, 0.29) is 25.9 Å². The normalized spacial score (nSPS) is 11.0. The maximum atomic E-state index is 11.7. The van der Waals surface area contributed by atoms with E-state index >= 15 is 0 Å². The molecule has 0 aromatic heterocycles. The van der Waals surface area contributed by atoms with Gasteiger partial charge in [0.05, 0.1) is 0 Å². The van der Waals surface area contributed by atoms with Gasteiger partial charge in [-0.1, -0.05) is 35.4 Å². The minimum Gasteiger partial charge on any atom is -0.480 e. The average Bonchev–Trinajstić information content (AvgIpc) is 2.53. The van der Waals surface area contributed by atoms with E-state index in [0.717, 1.165) is 5.56 Å². The molecule has 3 N–H and O–H groups in total. The van der Waals surface area contributed by atoms with Gasteiger partial charge in [-0.25, -0.2) is 4.79 Å². The lowest BCUT2D eigenvalue weighted by Gasteiger charge is -2.14. The van der Waals surface area contributed by atoms with E-state index in [0.29, 0.717) is 0 Å². The van der Waals surface area contributed by atoms with E-state index in [9.17, 15) is 14.4 Å². The number of carbonyl (C=O) groups excluding carboxylic acids is 2. The Labute approximate surface area is 132 Å². The van der Waals surface area contributed by atoms with Crippen LogP contribution in [0.15, 0.2) is 35.4 Å². The maximum Gasteiger partial charge on any atom is 0.326 e. The molecular weight excluding hydrogens is 302 g/mol. The SMILES string of the molecule is [N-]=[N+]=NCC(=O)NCCC(=O)N[C@@H](Cc1ccccc1)C(=O)O. The van der Waals surface area contributed by atoms with Gasteiger partial charge in [-0.15, -0.1) is 0 Å². The van der Waals surface area contributed by atoms with Gasteiger partial charge < -0.3 is 15.7 Å². The van der Waals surface area contributed by atoms with Gasteiger partial charge in [0.25, 0.3) is 0 Å². The van der Waals surface area contributed by atoms with Crippen LogP contribution in [0, 0.1) is 0 Å². The second-order valence-electron chi connectivity index (χ2n) is 4.64. The monoisotopic (exact) mass is 319 g/mol. The van der Waals surface area contributed by atoms with Crippen LogP contribution in [-0.4, -0.2) is 42.0 Å². The summed E-state index contributed by atoms with van der Waals surface area (Å²) in [5.41, 5.74) is 8.85. The van der Waals surface area contributed by atoms with E-state index in [2.05, 4.69) is 20.7 Å². The van der Waals surface area contributed by atoms with Crippen LogP contribution in [0.2, 0.25) is 0 Å². The number of carbonyl (C=O) groups is 3. The standard InChI is InChI=1S/C14H17N5O4/c15-19-17-9-13(21)16-7-6-12(20)18-11(14(22)23)8-10-4-2-1-3-5-10/h1-5,11H,6-9H2,(H,16,21)(H,18,20)(H,22,23)/t11-/m0/s1. The van der Waals surface area contributed by atoms with Crippen LogP contribution in [0.3, 0.4) is 0 Å². The van der Waals surface area contributed by atoms with Gasteiger partial charge in [0, 0.05) is 24.3 Å². The van der Waals surface area contributed by atoms with Crippen molar-refractivity contribution in [2.45, 2.75) is 18.9 Å². The number of amides is 2. The molecule has 0 aliphatic carbocycles. The third-order valence-electron chi connectivity index (χ3n) is 2.87. The number of benzene rings is 1. The Balaban J connectivity index is 2.41. The molecule has 0 heterocycles. The molecule has 0 saturated carbocycles. The Morgan fingerprint density at radius 2 is 1.91 bits per heavy atom. The molecule has 2 amide bonds. The zero-order valence-electron chi connectivity index (χ0n) is 12.3. The molecule has 0 aliphatic heterocycles. The second-order valence-corrected chi connectivity index (χ2v) is 4.64. The Morgan fingerprint density at radius 3 is 2.52 bits per heavy atom. The number of hydrogen-bond donors (Lipinski definition) is 3. The van der Waals surface area contributed by atoms with Gasteiger partial charge >= 0.3 is 5.97 Å². The lowest BCUT2D eigenvalue weighted by Crippen LogP contribution is -2.43. The van der Waals surface area contributed by atoms with E-state index in [1.165, 1.54) is 0 Å². The number of nitrogens with zero attached hydrogens (tertiary/aromatic N) is 3. The van der Waals surface area contributed by atoms with Crippen molar-refractivity contribution >= 4 is 17.8 Å². The van der Waals surface area contributed by atoms with Gasteiger partial charge in [0.2, 0.25) is 11.8 Å². The van der Waals surface area contributed by atoms with Crippen LogP contribution in [0.5, 0.6) is 0 Å². The van der Waals surface area contributed by atoms with E-state index in [1.54, 1.807) is 24.3 Å². The van der Waals surface area contributed by atoms with Crippen molar-refractivity contribution in [1.29, 1.82) is 0 Å². The summed E-state index contributed by atoms with van der Waals surface area (Å²) in [5.74, 6) is -2.12. The summed E-state index contributed by atoms with van der Waals surface area (Å²) in [6.07, 6.45) is 0.103. The quantitative estimate of drug-likeness (QED) is 0.348. The number of nitrogens with one attached hydrogen (secondary N) is 2. The van der Waals surface area contributed by atoms with Crippen molar-refractivity contribution in [2.75, 3.05) is 13.1 Å². The number of rotatable bonds is 9. The largest absolute Gasteiger partial charge is 0.480 e. The molecule has 0 unspecified atom stereocenters. The highest BCUT2D eigenvalue weighted by Gasteiger charge is 2.20. The Morgan fingerprint density at radius 1 is 1.22 bits per heavy atom. The molecule has 1 aromatic rings. The molecule has 9 nitrogen and oxygen atoms in total. The first kappa shape index (κ1) is 18.0. The van der Waals surface area contributed by atoms with Crippen molar-refractivity contribution in [1.82, 2.24) is 10.6 Å². The van der Waals surface area contributed by atoms with Crippen LogP contribution >= 0.6 is 0 Å². The fraction of sp³-hybridized carbons (Fsp3) is 0.357. The third-order valence-corrected chi connectivity index (χ3v) is 2.87. The predicted molar refractivity (Wildman–Crippen MR) is 81.4 cm³/mol. The summed E-state index contributed by atoms with van der Waals surface area (Å²) in [5, 5.41) is 17.0. The van der Waals surface area contributed by atoms with E-state index < -0.39 is 23.8 Å². The molecule has 1 aromatic carbocycles. The molecule has 0 radical (unpaired) electrons. The fourth-order valence-corrected chi connectivity index (χ4v) is 1.78. The highest BCUT2D eigenvalue weighted by atomic mass is 16.4. The van der Waals surface area contributed by atoms with Crippen molar-refractivity contribution in [3.8, 4) is 0 Å². The highest BCUT2D eigenvalue weighted by molar-refractivity contribution is 5.84. The number of aliphatic carboxylic acids is 1. The van der Waals surface area contributed by atoms with Gasteiger partial charge in [-0.3, -0.25) is 9.59 Å². The van der Waals surface area contributed by atoms with Crippen LogP contribution in [0.1, 0.15) is 12.0 Å². The number of carboxylic acids is 1. The Bertz CT molecular complexity index is 598. The third kappa shape index (κ3) is 7.49. The second kappa shape index (κ2) is 9.80. The summed E-state index contributed by atoms with van der Waals surface area (Å²) in [7, 11) is 0. The molecule has 0 fully saturated rings. The topological polar surface area (TPSA) is 144 Å². The lowest BCUT2D eigenvalue weighted by atomic mass is 10.1. The van der Waals surface area contributed by atoms with Crippen LogP contribution < -0.4 is 10.6 Å². The lowest BCUT2D eigenvalue weighted by molar-refractivity contribution is -0.141. The summed E-state index contributed by atoms with van der Waals surface area (Å²) in [6.45, 7) is -0.312. The highest BCUT2D eigenvalue weighted by Crippen LogP contribution is 2.03. The van der Waals surface area contributed by atoms with Crippen molar-refractivity contribution < 1.29 is 19.5 Å². The molecule has 0 saturated heterocycles. The minimum absolute atomic E-state index is 0.0310. The number of azide groups is 1. The van der Waals surface area contributed by atoms with Crippen molar-refractivity contribution in [3.05, 3.63) is 46.3 Å². The Kier molecular flexibility index (Phi) is 7.67. The van der Waals surface area contributed by atoms with E-state index in [1.807, 2.05) is 6.07 Å². The van der Waals surface area contributed by atoms with Gasteiger partial charge in [-0.2, -0.15) is 0 Å². The fourth-order valence-electron chi connectivity index (χ4n) is 1.78. The summed E-state index contributed by atoms with van der Waals surface area (Å²) >= 11 is 0. The molecule has 1 rings (SSSR count). The smallest absolute Gasteiger partial charge is 0.326 e. The predicted octanol–water partition coefficient (Wildman–Crippen LogP) is 0.615. The molecule has 0 bridgehead atoms. The van der Waals surface area contributed by atoms with Crippen LogP contribution in [0.4, 0.5) is 0 Å². The minimum atomic E-state index is -1.13. The van der Waals surface area contributed by atoms with E-state index in [4.69, 9.17) is 10.6 Å². The number of hydrogen-bond acceptors (Lipinski definition) is 4. The van der Waals surface area contributed by atoms with Gasteiger partial charge in [0.1, 0.15) is 12.6 Å². The molecule has 0 aliphatic rings. The zero-order valence-corrected chi connectivity index (χ0v) is 12.3. The summed E-state index contributed by atoms with van der Waals surface area (Å²) in [6, 6.07) is 7.90. The molecule has 122 valence electrons. The number of carboxylic acid groups (broad SMARTS) is 1. The molecule has 23 heavy (non-hydrogen) atoms. The first-order chi connectivity index (χ1) is 11.0. The average molecular weight is 319 g/mol. The van der Waals surface area contributed by atoms with Crippen LogP contribution in [-0.2, 0) is 20.8 Å². The van der Waals surface area contributed by atoms with Crippen molar-refractivity contribution in [2.24, 2.45) is 5.11 Å². The zero-order chi connectivity index (χ0) is 17.1. The summed E-state index contributed by atoms with van der Waals surface area (Å²) < 4.78 is 0. The van der Waals surface area contributed by atoms with Crippen LogP contribution in [0.25, 0.3) is 10.4 Å². The Hall–Kier alpha value is -3.06. The van der Waals surface area contributed by atoms with Gasteiger partial charge in [0.15, 0.2) is 0 Å². The molecular formula is C14H17N5O4.